The summed E-state index contributed by atoms with van der Waals surface area (Å²) < 4.78 is 0. The number of carbonyl (C=O) groups is 1. The van der Waals surface area contributed by atoms with E-state index in [1.54, 1.807) is 18.8 Å². The second-order valence-electron chi connectivity index (χ2n) is 2.60. The molecule has 4 heteroatoms. The maximum absolute atomic E-state index is 10.8. The topological polar surface area (TPSA) is 41.1 Å². The summed E-state index contributed by atoms with van der Waals surface area (Å²) >= 11 is 1.74. The second kappa shape index (κ2) is 4.62. The van der Waals surface area contributed by atoms with E-state index in [-0.39, 0.29) is 5.91 Å². The molecule has 11 heavy (non-hydrogen) atoms. The summed E-state index contributed by atoms with van der Waals surface area (Å²) in [5, 5.41) is 6.52. The van der Waals surface area contributed by atoms with Gasteiger partial charge in [0.05, 0.1) is 5.75 Å². The summed E-state index contributed by atoms with van der Waals surface area (Å²) in [4.78, 5) is 10.8. The van der Waals surface area contributed by atoms with E-state index in [0.29, 0.717) is 11.0 Å². The van der Waals surface area contributed by atoms with Gasteiger partial charge in [-0.15, -0.1) is 11.8 Å². The third-order valence-electron chi connectivity index (χ3n) is 1.74. The van der Waals surface area contributed by atoms with Gasteiger partial charge in [0.15, 0.2) is 0 Å². The van der Waals surface area contributed by atoms with Crippen LogP contribution >= 0.6 is 11.8 Å². The smallest absolute Gasteiger partial charge is 0.229 e. The zero-order valence-electron chi connectivity index (χ0n) is 6.72. The Balaban J connectivity index is 2.06. The fourth-order valence-electron chi connectivity index (χ4n) is 1.04. The van der Waals surface area contributed by atoms with E-state index in [1.165, 1.54) is 6.42 Å². The van der Waals surface area contributed by atoms with Crippen molar-refractivity contribution in [3.8, 4) is 0 Å². The molecule has 1 aliphatic rings. The Morgan fingerprint density at radius 2 is 2.64 bits per heavy atom. The van der Waals surface area contributed by atoms with Crippen LogP contribution in [-0.2, 0) is 4.79 Å². The van der Waals surface area contributed by atoms with Crippen molar-refractivity contribution in [2.45, 2.75) is 11.7 Å². The lowest BCUT2D eigenvalue weighted by atomic mass is 10.4. The Morgan fingerprint density at radius 1 is 1.82 bits per heavy atom. The lowest BCUT2D eigenvalue weighted by Gasteiger charge is -2.05. The molecule has 64 valence electrons. The molecule has 1 saturated heterocycles. The summed E-state index contributed by atoms with van der Waals surface area (Å²) in [5.74, 6) is 0.727. The van der Waals surface area contributed by atoms with Crippen LogP contribution in [0.3, 0.4) is 0 Å². The standard InChI is InChI=1S/C7H14N2OS/c1-8-7(10)5-11-6-2-3-9-4-6/h6,9H,2-5H2,1H3,(H,8,10). The Labute approximate surface area is 71.3 Å². The molecule has 1 amide bonds. The van der Waals surface area contributed by atoms with Gasteiger partial charge in [0.25, 0.3) is 0 Å². The zero-order chi connectivity index (χ0) is 8.10. The first-order valence-electron chi connectivity index (χ1n) is 3.86. The quantitative estimate of drug-likeness (QED) is 0.624. The first-order valence-corrected chi connectivity index (χ1v) is 4.90. The highest BCUT2D eigenvalue weighted by Gasteiger charge is 2.15. The van der Waals surface area contributed by atoms with Gasteiger partial charge in [-0.3, -0.25) is 4.79 Å². The highest BCUT2D eigenvalue weighted by Crippen LogP contribution is 2.16. The van der Waals surface area contributed by atoms with Crippen LogP contribution < -0.4 is 10.6 Å². The fraction of sp³-hybridized carbons (Fsp3) is 0.857. The first-order chi connectivity index (χ1) is 5.33. The van der Waals surface area contributed by atoms with Gasteiger partial charge in [0.1, 0.15) is 0 Å². The fourth-order valence-corrected chi connectivity index (χ4v) is 2.09. The van der Waals surface area contributed by atoms with Crippen molar-refractivity contribution < 1.29 is 4.79 Å². The molecular formula is C7H14N2OS. The molecule has 1 aliphatic heterocycles. The van der Waals surface area contributed by atoms with Crippen LogP contribution in [0.2, 0.25) is 0 Å². The molecule has 1 atom stereocenters. The largest absolute Gasteiger partial charge is 0.358 e. The Bertz CT molecular complexity index is 134. The summed E-state index contributed by atoms with van der Waals surface area (Å²) in [6.07, 6.45) is 1.20. The van der Waals surface area contributed by atoms with E-state index < -0.39 is 0 Å². The van der Waals surface area contributed by atoms with Crippen LogP contribution in [0.25, 0.3) is 0 Å². The van der Waals surface area contributed by atoms with Gasteiger partial charge in [-0.2, -0.15) is 0 Å². The normalized spacial score (nSPS) is 23.5. The van der Waals surface area contributed by atoms with Crippen molar-refractivity contribution in [2.24, 2.45) is 0 Å². The third-order valence-corrected chi connectivity index (χ3v) is 3.05. The Kier molecular flexibility index (Phi) is 3.72. The lowest BCUT2D eigenvalue weighted by Crippen LogP contribution is -2.22. The van der Waals surface area contributed by atoms with E-state index >= 15 is 0 Å². The van der Waals surface area contributed by atoms with Crippen LogP contribution in [0.1, 0.15) is 6.42 Å². The van der Waals surface area contributed by atoms with Crippen molar-refractivity contribution in [3.63, 3.8) is 0 Å². The number of thioether (sulfide) groups is 1. The minimum atomic E-state index is 0.127. The molecule has 0 aromatic carbocycles. The molecule has 0 aromatic rings. The van der Waals surface area contributed by atoms with Gasteiger partial charge in [-0.25, -0.2) is 0 Å². The van der Waals surface area contributed by atoms with Gasteiger partial charge in [-0.05, 0) is 13.0 Å². The van der Waals surface area contributed by atoms with Crippen molar-refractivity contribution in [1.29, 1.82) is 0 Å². The predicted octanol–water partition coefficient (Wildman–Crippen LogP) is -0.172. The summed E-state index contributed by atoms with van der Waals surface area (Å²) in [6.45, 7) is 2.16. The molecule has 2 N–H and O–H groups in total. The summed E-state index contributed by atoms with van der Waals surface area (Å²) in [7, 11) is 1.68. The maximum Gasteiger partial charge on any atom is 0.229 e. The summed E-state index contributed by atoms with van der Waals surface area (Å²) in [5.41, 5.74) is 0. The molecule has 0 spiro atoms. The van der Waals surface area contributed by atoms with Crippen molar-refractivity contribution >= 4 is 17.7 Å². The van der Waals surface area contributed by atoms with Gasteiger partial charge in [0.2, 0.25) is 5.91 Å². The average Bonchev–Trinajstić information content (AvgIpc) is 2.52. The Hall–Kier alpha value is -0.220. The van der Waals surface area contributed by atoms with Gasteiger partial charge in [0, 0.05) is 18.8 Å². The van der Waals surface area contributed by atoms with E-state index in [2.05, 4.69) is 10.6 Å². The van der Waals surface area contributed by atoms with E-state index in [1.807, 2.05) is 0 Å². The number of hydrogen-bond donors (Lipinski definition) is 2. The molecule has 0 saturated carbocycles. The molecule has 1 heterocycles. The van der Waals surface area contributed by atoms with Gasteiger partial charge < -0.3 is 10.6 Å². The minimum Gasteiger partial charge on any atom is -0.358 e. The average molecular weight is 174 g/mol. The minimum absolute atomic E-state index is 0.127. The van der Waals surface area contributed by atoms with Crippen LogP contribution in [-0.4, -0.2) is 37.0 Å². The van der Waals surface area contributed by atoms with Gasteiger partial charge in [-0.1, -0.05) is 0 Å². The first kappa shape index (κ1) is 8.87. The highest BCUT2D eigenvalue weighted by molar-refractivity contribution is 8.00. The van der Waals surface area contributed by atoms with Crippen LogP contribution in [0.4, 0.5) is 0 Å². The molecule has 1 fully saturated rings. The number of rotatable bonds is 3. The van der Waals surface area contributed by atoms with Crippen LogP contribution in [0.15, 0.2) is 0 Å². The zero-order valence-corrected chi connectivity index (χ0v) is 7.54. The van der Waals surface area contributed by atoms with E-state index in [9.17, 15) is 4.79 Å². The van der Waals surface area contributed by atoms with E-state index in [0.717, 1.165) is 13.1 Å². The number of amides is 1. The molecular weight excluding hydrogens is 160 g/mol. The number of hydrogen-bond acceptors (Lipinski definition) is 3. The van der Waals surface area contributed by atoms with Gasteiger partial charge >= 0.3 is 0 Å². The van der Waals surface area contributed by atoms with E-state index in [4.69, 9.17) is 0 Å². The van der Waals surface area contributed by atoms with Crippen molar-refractivity contribution in [1.82, 2.24) is 10.6 Å². The predicted molar refractivity (Wildman–Crippen MR) is 47.8 cm³/mol. The second-order valence-corrected chi connectivity index (χ2v) is 3.89. The van der Waals surface area contributed by atoms with Crippen LogP contribution in [0, 0.1) is 0 Å². The molecule has 0 aromatic heterocycles. The molecule has 3 nitrogen and oxygen atoms in total. The third kappa shape index (κ3) is 3.12. The number of nitrogens with one attached hydrogen (secondary N) is 2. The monoisotopic (exact) mass is 174 g/mol. The molecule has 1 rings (SSSR count). The summed E-state index contributed by atoms with van der Waals surface area (Å²) in [6, 6.07) is 0. The SMILES string of the molecule is CNC(=O)CSC1CCNC1. The molecule has 0 bridgehead atoms. The highest BCUT2D eigenvalue weighted by atomic mass is 32.2. The van der Waals surface area contributed by atoms with Crippen molar-refractivity contribution in [3.05, 3.63) is 0 Å². The number of carbonyl (C=O) groups excluding carboxylic acids is 1. The molecule has 0 radical (unpaired) electrons. The van der Waals surface area contributed by atoms with Crippen molar-refractivity contribution in [2.75, 3.05) is 25.9 Å². The van der Waals surface area contributed by atoms with Crippen LogP contribution in [0.5, 0.6) is 0 Å². The molecule has 0 aliphatic carbocycles. The maximum atomic E-state index is 10.8. The Morgan fingerprint density at radius 3 is 3.18 bits per heavy atom. The lowest BCUT2D eigenvalue weighted by molar-refractivity contribution is -0.118. The molecule has 1 unspecified atom stereocenters.